The second kappa shape index (κ2) is 8.12. The molecule has 0 amide bonds. The summed E-state index contributed by atoms with van der Waals surface area (Å²) >= 11 is 0. The molecule has 1 aromatic heterocycles. The lowest BCUT2D eigenvalue weighted by Gasteiger charge is -2.10. The van der Waals surface area contributed by atoms with Crippen molar-refractivity contribution in [1.82, 2.24) is 4.57 Å². The Morgan fingerprint density at radius 3 is 1.55 bits per heavy atom. The molecule has 3 heteroatoms. The van der Waals surface area contributed by atoms with Crippen LogP contribution >= 0.6 is 0 Å². The van der Waals surface area contributed by atoms with E-state index in [1.807, 2.05) is 24.3 Å². The Labute approximate surface area is 193 Å². The number of hydrogen-bond acceptors (Lipinski definition) is 1. The molecule has 5 aromatic carbocycles. The van der Waals surface area contributed by atoms with Crippen LogP contribution in [0.5, 0.6) is 0 Å². The number of hydrogen-bond donors (Lipinski definition) is 1. The van der Waals surface area contributed by atoms with Crippen LogP contribution in [0.1, 0.15) is 0 Å². The summed E-state index contributed by atoms with van der Waals surface area (Å²) in [5.74, 6) is 0. The van der Waals surface area contributed by atoms with Gasteiger partial charge in [0.1, 0.15) is 0 Å². The van der Waals surface area contributed by atoms with Crippen LogP contribution in [-0.4, -0.2) is 17.1 Å². The third-order valence-electron chi connectivity index (χ3n) is 6.33. The van der Waals surface area contributed by atoms with E-state index in [1.54, 1.807) is 0 Å². The average Bonchev–Trinajstić information content (AvgIpc) is 3.22. The third kappa shape index (κ3) is 3.43. The zero-order chi connectivity index (χ0) is 22.2. The van der Waals surface area contributed by atoms with Crippen molar-refractivity contribution in [3.63, 3.8) is 0 Å². The largest absolute Gasteiger partial charge is 0.449 e. The molecule has 6 aromatic rings. The zero-order valence-electron chi connectivity index (χ0n) is 18.1. The van der Waals surface area contributed by atoms with Gasteiger partial charge in [0.2, 0.25) is 0 Å². The second-order valence-corrected chi connectivity index (χ2v) is 8.36. The van der Waals surface area contributed by atoms with Crippen molar-refractivity contribution in [3.05, 3.63) is 121 Å². The fraction of sp³-hybridized carbons (Fsp3) is 0. The lowest BCUT2D eigenvalue weighted by Crippen LogP contribution is -2.13. The molecular formula is C30H22BNO. The molecule has 0 aliphatic heterocycles. The molecule has 2 nitrogen and oxygen atoms in total. The highest BCUT2D eigenvalue weighted by Crippen LogP contribution is 2.36. The molecule has 0 aliphatic rings. The van der Waals surface area contributed by atoms with Crippen LogP contribution in [0.4, 0.5) is 0 Å². The van der Waals surface area contributed by atoms with Gasteiger partial charge in [0.15, 0.2) is 0 Å². The maximum absolute atomic E-state index is 9.70. The van der Waals surface area contributed by atoms with Gasteiger partial charge < -0.3 is 9.59 Å². The Balaban J connectivity index is 1.66. The van der Waals surface area contributed by atoms with Crippen molar-refractivity contribution < 1.29 is 5.02 Å². The van der Waals surface area contributed by atoms with Crippen molar-refractivity contribution in [2.75, 3.05) is 0 Å². The molecule has 0 unspecified atom stereocenters. The maximum atomic E-state index is 9.70. The minimum atomic E-state index is 0.0291. The minimum absolute atomic E-state index is 0.0291. The Morgan fingerprint density at radius 1 is 0.485 bits per heavy atom. The van der Waals surface area contributed by atoms with E-state index >= 15 is 0 Å². The van der Waals surface area contributed by atoms with Crippen LogP contribution in [0.3, 0.4) is 0 Å². The molecule has 0 saturated carbocycles. The van der Waals surface area contributed by atoms with E-state index < -0.39 is 0 Å². The molecule has 0 bridgehead atoms. The molecule has 1 heterocycles. The Kier molecular flexibility index (Phi) is 4.82. The van der Waals surface area contributed by atoms with E-state index in [-0.39, 0.29) is 7.48 Å². The van der Waals surface area contributed by atoms with Gasteiger partial charge >= 0.3 is 7.48 Å². The molecule has 0 fully saturated rings. The van der Waals surface area contributed by atoms with E-state index in [0.29, 0.717) is 0 Å². The zero-order valence-corrected chi connectivity index (χ0v) is 18.1. The van der Waals surface area contributed by atoms with Crippen molar-refractivity contribution in [1.29, 1.82) is 0 Å². The van der Waals surface area contributed by atoms with Gasteiger partial charge in [-0.15, -0.1) is 0 Å². The van der Waals surface area contributed by atoms with Crippen LogP contribution in [0.2, 0.25) is 0 Å². The normalized spacial score (nSPS) is 11.2. The van der Waals surface area contributed by atoms with Gasteiger partial charge in [-0.3, -0.25) is 0 Å². The van der Waals surface area contributed by atoms with E-state index in [1.165, 1.54) is 33.0 Å². The van der Waals surface area contributed by atoms with Crippen molar-refractivity contribution in [2.24, 2.45) is 0 Å². The number of fused-ring (bicyclic) bond motifs is 3. The van der Waals surface area contributed by atoms with Gasteiger partial charge in [0, 0.05) is 16.5 Å². The second-order valence-electron chi connectivity index (χ2n) is 8.36. The monoisotopic (exact) mass is 423 g/mol. The number of benzene rings is 5. The Hall–Kier alpha value is -4.08. The Morgan fingerprint density at radius 2 is 1.03 bits per heavy atom. The van der Waals surface area contributed by atoms with Crippen LogP contribution < -0.4 is 5.46 Å². The highest BCUT2D eigenvalue weighted by Gasteiger charge is 2.15. The topological polar surface area (TPSA) is 25.2 Å². The minimum Gasteiger partial charge on any atom is -0.449 e. The summed E-state index contributed by atoms with van der Waals surface area (Å²) in [4.78, 5) is 0. The highest BCUT2D eigenvalue weighted by molar-refractivity contribution is 6.45. The van der Waals surface area contributed by atoms with E-state index in [9.17, 15) is 5.02 Å². The summed E-state index contributed by atoms with van der Waals surface area (Å²) in [6, 6.07) is 42.6. The van der Waals surface area contributed by atoms with Gasteiger partial charge in [-0.25, -0.2) is 0 Å². The SMILES string of the molecule is OBc1cccc(-n2c3ccc(-c4ccccc4)cc3c3cc(-c4ccccc4)ccc32)c1. The van der Waals surface area contributed by atoms with Crippen molar-refractivity contribution in [2.45, 2.75) is 0 Å². The smallest absolute Gasteiger partial charge is 0.304 e. The first-order chi connectivity index (χ1) is 16.3. The molecule has 33 heavy (non-hydrogen) atoms. The van der Waals surface area contributed by atoms with Crippen molar-refractivity contribution >= 4 is 34.8 Å². The lowest BCUT2D eigenvalue weighted by molar-refractivity contribution is 0.615. The summed E-state index contributed by atoms with van der Waals surface area (Å²) in [7, 11) is 0.0291. The lowest BCUT2D eigenvalue weighted by atomic mass is 9.88. The first-order valence-corrected chi connectivity index (χ1v) is 11.2. The summed E-state index contributed by atoms with van der Waals surface area (Å²) < 4.78 is 2.30. The first-order valence-electron chi connectivity index (χ1n) is 11.2. The predicted octanol–water partition coefficient (Wildman–Crippen LogP) is 6.09. The van der Waals surface area contributed by atoms with Crippen LogP contribution in [0.15, 0.2) is 121 Å². The van der Waals surface area contributed by atoms with Crippen molar-refractivity contribution in [3.8, 4) is 27.9 Å². The summed E-state index contributed by atoms with van der Waals surface area (Å²) in [5, 5.41) is 12.1. The fourth-order valence-corrected chi connectivity index (χ4v) is 4.72. The molecule has 156 valence electrons. The standard InChI is InChI=1S/C30H22BNO/c33-31-25-12-7-13-26(20-25)32-29-16-14-23(21-8-3-1-4-9-21)18-27(29)28-19-24(15-17-30(28)32)22-10-5-2-6-11-22/h1-20,31,33H. The average molecular weight is 423 g/mol. The summed E-state index contributed by atoms with van der Waals surface area (Å²) in [5.41, 5.74) is 9.11. The molecule has 1 N–H and O–H groups in total. The van der Waals surface area contributed by atoms with Crippen LogP contribution in [0, 0.1) is 0 Å². The molecule has 0 aliphatic carbocycles. The Bertz CT molecular complexity index is 1490. The molecule has 0 saturated heterocycles. The number of nitrogens with zero attached hydrogens (tertiary/aromatic N) is 1. The highest BCUT2D eigenvalue weighted by atomic mass is 16.2. The summed E-state index contributed by atoms with van der Waals surface area (Å²) in [6.07, 6.45) is 0. The quantitative estimate of drug-likeness (QED) is 0.341. The van der Waals surface area contributed by atoms with Gasteiger partial charge in [-0.1, -0.05) is 90.4 Å². The van der Waals surface area contributed by atoms with Gasteiger partial charge in [0.05, 0.1) is 11.0 Å². The van der Waals surface area contributed by atoms with Crippen LogP contribution in [0.25, 0.3) is 49.7 Å². The fourth-order valence-electron chi connectivity index (χ4n) is 4.72. The molecule has 0 atom stereocenters. The molecule has 0 spiro atoms. The van der Waals surface area contributed by atoms with Gasteiger partial charge in [-0.05, 0) is 58.7 Å². The molecule has 6 rings (SSSR count). The maximum Gasteiger partial charge on any atom is 0.304 e. The van der Waals surface area contributed by atoms with Crippen LogP contribution in [-0.2, 0) is 0 Å². The molecular weight excluding hydrogens is 401 g/mol. The van der Waals surface area contributed by atoms with E-state index in [2.05, 4.69) is 102 Å². The number of rotatable bonds is 4. The predicted molar refractivity (Wildman–Crippen MR) is 141 cm³/mol. The van der Waals surface area contributed by atoms with Gasteiger partial charge in [0.25, 0.3) is 0 Å². The summed E-state index contributed by atoms with van der Waals surface area (Å²) in [6.45, 7) is 0. The van der Waals surface area contributed by atoms with E-state index in [4.69, 9.17) is 0 Å². The molecule has 0 radical (unpaired) electrons. The first kappa shape index (κ1) is 19.6. The van der Waals surface area contributed by atoms with Gasteiger partial charge in [-0.2, -0.15) is 0 Å². The third-order valence-corrected chi connectivity index (χ3v) is 6.33. The number of aromatic nitrogens is 1. The van der Waals surface area contributed by atoms with E-state index in [0.717, 1.165) is 22.2 Å².